The molecular formula is C18H16ClN3OS. The molecule has 0 unspecified atom stereocenters. The zero-order valence-electron chi connectivity index (χ0n) is 13.3. The predicted octanol–water partition coefficient (Wildman–Crippen LogP) is 5.41. The van der Waals surface area contributed by atoms with Gasteiger partial charge in [0.25, 0.3) is 5.91 Å². The number of amides is 1. The van der Waals surface area contributed by atoms with Gasteiger partial charge < -0.3 is 10.6 Å². The number of nitrogens with zero attached hydrogens (tertiary/aromatic N) is 1. The lowest BCUT2D eigenvalue weighted by molar-refractivity contribution is 0.102. The molecule has 0 atom stereocenters. The van der Waals surface area contributed by atoms with Crippen molar-refractivity contribution in [1.82, 2.24) is 4.98 Å². The van der Waals surface area contributed by atoms with E-state index in [9.17, 15) is 4.79 Å². The van der Waals surface area contributed by atoms with E-state index in [4.69, 9.17) is 11.6 Å². The highest BCUT2D eigenvalue weighted by atomic mass is 35.5. The molecule has 0 spiro atoms. The average Bonchev–Trinajstić information content (AvgIpc) is 2.92. The number of aryl methyl sites for hydroxylation is 2. The van der Waals surface area contributed by atoms with Crippen molar-refractivity contribution in [2.75, 3.05) is 10.6 Å². The van der Waals surface area contributed by atoms with E-state index < -0.39 is 0 Å². The lowest BCUT2D eigenvalue weighted by Crippen LogP contribution is -2.12. The third-order valence-corrected chi connectivity index (χ3v) is 4.82. The van der Waals surface area contributed by atoms with Gasteiger partial charge in [0.05, 0.1) is 5.69 Å². The summed E-state index contributed by atoms with van der Waals surface area (Å²) in [6, 6.07) is 15.0. The van der Waals surface area contributed by atoms with Crippen LogP contribution in [0.4, 0.5) is 16.5 Å². The van der Waals surface area contributed by atoms with Crippen molar-refractivity contribution < 1.29 is 4.79 Å². The van der Waals surface area contributed by atoms with Gasteiger partial charge in [0, 0.05) is 16.4 Å². The van der Waals surface area contributed by atoms with Crippen LogP contribution in [0.2, 0.25) is 5.02 Å². The molecule has 0 aliphatic carbocycles. The minimum absolute atomic E-state index is 0.150. The first-order chi connectivity index (χ1) is 11.5. The number of hydrogen-bond acceptors (Lipinski definition) is 4. The van der Waals surface area contributed by atoms with Gasteiger partial charge in [-0.3, -0.25) is 4.79 Å². The molecule has 1 aromatic heterocycles. The predicted molar refractivity (Wildman–Crippen MR) is 101 cm³/mol. The number of halogens is 1. The Morgan fingerprint density at radius 3 is 2.50 bits per heavy atom. The summed E-state index contributed by atoms with van der Waals surface area (Å²) in [6.45, 7) is 3.79. The van der Waals surface area contributed by atoms with Crippen molar-refractivity contribution in [2.24, 2.45) is 0 Å². The van der Waals surface area contributed by atoms with E-state index in [1.54, 1.807) is 12.1 Å². The van der Waals surface area contributed by atoms with Gasteiger partial charge in [0.1, 0.15) is 4.88 Å². The van der Waals surface area contributed by atoms with E-state index in [0.29, 0.717) is 20.7 Å². The maximum Gasteiger partial charge on any atom is 0.267 e. The van der Waals surface area contributed by atoms with Crippen molar-refractivity contribution in [1.29, 1.82) is 0 Å². The van der Waals surface area contributed by atoms with Gasteiger partial charge in [-0.1, -0.05) is 41.1 Å². The fourth-order valence-electron chi connectivity index (χ4n) is 2.21. The number of anilines is 3. The molecule has 0 saturated heterocycles. The minimum Gasteiger partial charge on any atom is -0.332 e. The Labute approximate surface area is 149 Å². The van der Waals surface area contributed by atoms with Gasteiger partial charge in [0.2, 0.25) is 0 Å². The number of rotatable bonds is 4. The topological polar surface area (TPSA) is 54.0 Å². The molecule has 0 saturated carbocycles. The third kappa shape index (κ3) is 3.75. The maximum absolute atomic E-state index is 12.5. The van der Waals surface area contributed by atoms with Crippen LogP contribution < -0.4 is 10.6 Å². The van der Waals surface area contributed by atoms with Gasteiger partial charge in [0.15, 0.2) is 5.13 Å². The maximum atomic E-state index is 12.5. The molecule has 3 rings (SSSR count). The van der Waals surface area contributed by atoms with Crippen LogP contribution in [0.15, 0.2) is 48.5 Å². The van der Waals surface area contributed by atoms with Gasteiger partial charge in [-0.15, -0.1) is 0 Å². The Bertz CT molecular complexity index is 874. The number of hydrogen-bond donors (Lipinski definition) is 2. The van der Waals surface area contributed by atoms with Gasteiger partial charge in [-0.2, -0.15) is 0 Å². The number of para-hydroxylation sites is 1. The normalized spacial score (nSPS) is 10.5. The first-order valence-electron chi connectivity index (χ1n) is 7.40. The molecule has 4 nitrogen and oxygen atoms in total. The van der Waals surface area contributed by atoms with Crippen LogP contribution in [0.1, 0.15) is 20.9 Å². The van der Waals surface area contributed by atoms with Crippen LogP contribution in [0.5, 0.6) is 0 Å². The molecule has 0 aliphatic rings. The highest BCUT2D eigenvalue weighted by Gasteiger charge is 2.16. The lowest BCUT2D eigenvalue weighted by atomic mass is 10.2. The van der Waals surface area contributed by atoms with Crippen molar-refractivity contribution in [3.8, 4) is 0 Å². The number of aromatic nitrogens is 1. The van der Waals surface area contributed by atoms with Gasteiger partial charge in [-0.05, 0) is 49.7 Å². The zero-order valence-corrected chi connectivity index (χ0v) is 14.8. The molecule has 24 heavy (non-hydrogen) atoms. The molecule has 6 heteroatoms. The largest absolute Gasteiger partial charge is 0.332 e. The summed E-state index contributed by atoms with van der Waals surface area (Å²) in [5, 5.41) is 7.48. The Balaban J connectivity index is 1.77. The van der Waals surface area contributed by atoms with E-state index in [1.165, 1.54) is 11.3 Å². The van der Waals surface area contributed by atoms with Crippen LogP contribution in [0.3, 0.4) is 0 Å². The first kappa shape index (κ1) is 16.5. The standard InChI is InChI=1S/C18H16ClN3OS/c1-11-5-3-4-6-15(11)22-17(23)16-12(2)20-18(24-16)21-14-9-7-13(19)8-10-14/h3-10H,1-2H3,(H,20,21)(H,22,23). The Kier molecular flexibility index (Phi) is 4.83. The summed E-state index contributed by atoms with van der Waals surface area (Å²) in [7, 11) is 0. The Morgan fingerprint density at radius 1 is 1.08 bits per heavy atom. The van der Waals surface area contributed by atoms with E-state index in [-0.39, 0.29) is 5.91 Å². The fourth-order valence-corrected chi connectivity index (χ4v) is 3.22. The second kappa shape index (κ2) is 7.03. The SMILES string of the molecule is Cc1ccccc1NC(=O)c1sc(Nc2ccc(Cl)cc2)nc1C. The van der Waals surface area contributed by atoms with Crippen LogP contribution in [0.25, 0.3) is 0 Å². The average molecular weight is 358 g/mol. The van der Waals surface area contributed by atoms with Crippen molar-refractivity contribution in [2.45, 2.75) is 13.8 Å². The fraction of sp³-hybridized carbons (Fsp3) is 0.111. The van der Waals surface area contributed by atoms with Gasteiger partial charge in [-0.25, -0.2) is 4.98 Å². The van der Waals surface area contributed by atoms with Crippen LogP contribution in [-0.4, -0.2) is 10.9 Å². The molecule has 1 amide bonds. The van der Waals surface area contributed by atoms with E-state index in [1.807, 2.05) is 50.2 Å². The van der Waals surface area contributed by atoms with Crippen molar-refractivity contribution in [3.63, 3.8) is 0 Å². The van der Waals surface area contributed by atoms with E-state index in [2.05, 4.69) is 15.6 Å². The second-order valence-electron chi connectivity index (χ2n) is 5.33. The number of benzene rings is 2. The molecule has 2 N–H and O–H groups in total. The summed E-state index contributed by atoms with van der Waals surface area (Å²) >= 11 is 7.21. The van der Waals surface area contributed by atoms with Crippen LogP contribution in [0, 0.1) is 13.8 Å². The van der Waals surface area contributed by atoms with Gasteiger partial charge >= 0.3 is 0 Å². The Morgan fingerprint density at radius 2 is 1.79 bits per heavy atom. The molecule has 0 bridgehead atoms. The first-order valence-corrected chi connectivity index (χ1v) is 8.59. The highest BCUT2D eigenvalue weighted by Crippen LogP contribution is 2.27. The summed E-state index contributed by atoms with van der Waals surface area (Å²) in [6.07, 6.45) is 0. The summed E-state index contributed by atoms with van der Waals surface area (Å²) < 4.78 is 0. The monoisotopic (exact) mass is 357 g/mol. The molecule has 0 radical (unpaired) electrons. The molecule has 1 heterocycles. The minimum atomic E-state index is -0.150. The molecule has 3 aromatic rings. The third-order valence-electron chi connectivity index (χ3n) is 3.49. The summed E-state index contributed by atoms with van der Waals surface area (Å²) in [5.41, 5.74) is 3.40. The summed E-state index contributed by atoms with van der Waals surface area (Å²) in [4.78, 5) is 17.5. The molecular weight excluding hydrogens is 342 g/mol. The molecule has 122 valence electrons. The number of carbonyl (C=O) groups excluding carboxylic acids is 1. The highest BCUT2D eigenvalue weighted by molar-refractivity contribution is 7.17. The smallest absolute Gasteiger partial charge is 0.267 e. The van der Waals surface area contributed by atoms with E-state index >= 15 is 0 Å². The number of thiazole rings is 1. The molecule has 0 fully saturated rings. The number of carbonyl (C=O) groups is 1. The second-order valence-corrected chi connectivity index (χ2v) is 6.77. The summed E-state index contributed by atoms with van der Waals surface area (Å²) in [5.74, 6) is -0.150. The Hall–Kier alpha value is -2.37. The lowest BCUT2D eigenvalue weighted by Gasteiger charge is -2.06. The molecule has 0 aliphatic heterocycles. The molecule has 2 aromatic carbocycles. The van der Waals surface area contributed by atoms with Crippen molar-refractivity contribution in [3.05, 3.63) is 69.7 Å². The van der Waals surface area contributed by atoms with E-state index in [0.717, 1.165) is 16.9 Å². The van der Waals surface area contributed by atoms with Crippen molar-refractivity contribution >= 4 is 45.4 Å². The zero-order chi connectivity index (χ0) is 17.1. The van der Waals surface area contributed by atoms with Crippen LogP contribution in [-0.2, 0) is 0 Å². The quantitative estimate of drug-likeness (QED) is 0.656. The van der Waals surface area contributed by atoms with Crippen LogP contribution >= 0.6 is 22.9 Å². The number of nitrogens with one attached hydrogen (secondary N) is 2.